The van der Waals surface area contributed by atoms with Crippen molar-refractivity contribution < 1.29 is 23.4 Å². The number of hydrogen-bond acceptors (Lipinski definition) is 7. The van der Waals surface area contributed by atoms with E-state index in [9.17, 15) is 9.59 Å². The molecule has 1 aromatic heterocycles. The third-order valence-electron chi connectivity index (χ3n) is 8.10. The van der Waals surface area contributed by atoms with Crippen molar-refractivity contribution in [1.82, 2.24) is 9.80 Å². The Kier molecular flexibility index (Phi) is 9.00. The molecule has 1 unspecified atom stereocenters. The summed E-state index contributed by atoms with van der Waals surface area (Å²) < 4.78 is 23.8. The van der Waals surface area contributed by atoms with Crippen LogP contribution in [0.25, 0.3) is 11.0 Å². The second kappa shape index (κ2) is 12.7. The van der Waals surface area contributed by atoms with E-state index < -0.39 is 6.04 Å². The van der Waals surface area contributed by atoms with E-state index in [1.807, 2.05) is 51.1 Å². The standard InChI is InChI=1S/C33H42N2O6/c1-6-39-28-20-24(8-9-26(28)40-15-10-21(2)3)30-29-31(36)25-18-22(4)23(5)19-27(25)41-32(29)33(37)35(30)12-7-11-34-13-16-38-17-14-34/h8-9,18-21,30H,6-7,10-17H2,1-5H3. The van der Waals surface area contributed by atoms with Gasteiger partial charge in [-0.2, -0.15) is 0 Å². The molecule has 3 aromatic rings. The maximum absolute atomic E-state index is 14.0. The number of hydrogen-bond donors (Lipinski definition) is 0. The molecule has 41 heavy (non-hydrogen) atoms. The highest BCUT2D eigenvalue weighted by molar-refractivity contribution is 5.99. The van der Waals surface area contributed by atoms with Gasteiger partial charge in [0, 0.05) is 26.2 Å². The lowest BCUT2D eigenvalue weighted by atomic mass is 9.97. The summed E-state index contributed by atoms with van der Waals surface area (Å²) in [6, 6.07) is 8.90. The van der Waals surface area contributed by atoms with Crippen molar-refractivity contribution in [3.63, 3.8) is 0 Å². The van der Waals surface area contributed by atoms with E-state index >= 15 is 0 Å². The van der Waals surface area contributed by atoms with Crippen molar-refractivity contribution in [2.75, 3.05) is 52.6 Å². The van der Waals surface area contributed by atoms with E-state index in [1.54, 1.807) is 4.90 Å². The maximum Gasteiger partial charge on any atom is 0.290 e. The second-order valence-electron chi connectivity index (χ2n) is 11.5. The molecule has 1 fully saturated rings. The van der Waals surface area contributed by atoms with Crippen LogP contribution in [0, 0.1) is 19.8 Å². The zero-order chi connectivity index (χ0) is 29.1. The number of aryl methyl sites for hydroxylation is 2. The van der Waals surface area contributed by atoms with Crippen LogP contribution in [-0.2, 0) is 4.74 Å². The minimum absolute atomic E-state index is 0.136. The highest BCUT2D eigenvalue weighted by atomic mass is 16.5. The summed E-state index contributed by atoms with van der Waals surface area (Å²) in [5.74, 6) is 1.69. The molecular weight excluding hydrogens is 520 g/mol. The van der Waals surface area contributed by atoms with Crippen molar-refractivity contribution >= 4 is 16.9 Å². The maximum atomic E-state index is 14.0. The molecular formula is C33H42N2O6. The Morgan fingerprint density at radius 2 is 1.73 bits per heavy atom. The molecule has 0 saturated carbocycles. The molecule has 0 N–H and O–H groups in total. The van der Waals surface area contributed by atoms with Gasteiger partial charge in [-0.05, 0) is 80.5 Å². The fourth-order valence-electron chi connectivity index (χ4n) is 5.63. The third kappa shape index (κ3) is 6.14. The first-order valence-corrected chi connectivity index (χ1v) is 14.9. The minimum atomic E-state index is -0.576. The van der Waals surface area contributed by atoms with Crippen LogP contribution in [0.4, 0.5) is 0 Å². The Morgan fingerprint density at radius 3 is 2.46 bits per heavy atom. The second-order valence-corrected chi connectivity index (χ2v) is 11.5. The molecule has 2 aliphatic heterocycles. The number of rotatable bonds is 11. The van der Waals surface area contributed by atoms with Gasteiger partial charge in [0.1, 0.15) is 5.58 Å². The van der Waals surface area contributed by atoms with Gasteiger partial charge in [0.15, 0.2) is 16.9 Å². The summed E-state index contributed by atoms with van der Waals surface area (Å²) in [5.41, 5.74) is 3.51. The van der Waals surface area contributed by atoms with E-state index in [0.29, 0.717) is 53.7 Å². The quantitative estimate of drug-likeness (QED) is 0.305. The molecule has 0 bridgehead atoms. The average Bonchev–Trinajstić information content (AvgIpc) is 3.22. The minimum Gasteiger partial charge on any atom is -0.490 e. The Bertz CT molecular complexity index is 1460. The molecule has 3 heterocycles. The molecule has 8 nitrogen and oxygen atoms in total. The topological polar surface area (TPSA) is 81.5 Å². The Hall–Kier alpha value is -3.36. The largest absolute Gasteiger partial charge is 0.490 e. The lowest BCUT2D eigenvalue weighted by Crippen LogP contribution is -2.38. The summed E-state index contributed by atoms with van der Waals surface area (Å²) in [7, 11) is 0. The SMILES string of the molecule is CCOc1cc(C2c3c(oc4cc(C)c(C)cc4c3=O)C(=O)N2CCCN2CCOCC2)ccc1OCCC(C)C. The van der Waals surface area contributed by atoms with Gasteiger partial charge in [0.2, 0.25) is 5.76 Å². The van der Waals surface area contributed by atoms with Gasteiger partial charge in [0.25, 0.3) is 5.91 Å². The van der Waals surface area contributed by atoms with Crippen molar-refractivity contribution in [3.05, 3.63) is 68.6 Å². The monoisotopic (exact) mass is 562 g/mol. The van der Waals surface area contributed by atoms with Crippen molar-refractivity contribution in [3.8, 4) is 11.5 Å². The number of carbonyl (C=O) groups excluding carboxylic acids is 1. The number of carbonyl (C=O) groups is 1. The number of morpholine rings is 1. The first kappa shape index (κ1) is 29.1. The predicted molar refractivity (Wildman–Crippen MR) is 159 cm³/mol. The van der Waals surface area contributed by atoms with Gasteiger partial charge >= 0.3 is 0 Å². The van der Waals surface area contributed by atoms with Crippen LogP contribution in [0.3, 0.4) is 0 Å². The van der Waals surface area contributed by atoms with Gasteiger partial charge in [0.05, 0.1) is 43.4 Å². The first-order chi connectivity index (χ1) is 19.8. The molecule has 2 aromatic carbocycles. The molecule has 1 saturated heterocycles. The number of fused-ring (bicyclic) bond motifs is 2. The normalized spacial score (nSPS) is 17.5. The van der Waals surface area contributed by atoms with Crippen LogP contribution in [0.15, 0.2) is 39.5 Å². The van der Waals surface area contributed by atoms with E-state index in [0.717, 1.165) is 62.4 Å². The van der Waals surface area contributed by atoms with Crippen LogP contribution < -0.4 is 14.9 Å². The molecule has 0 radical (unpaired) electrons. The summed E-state index contributed by atoms with van der Waals surface area (Å²) in [6.45, 7) is 15.9. The van der Waals surface area contributed by atoms with Crippen LogP contribution in [-0.4, -0.2) is 68.3 Å². The van der Waals surface area contributed by atoms with Gasteiger partial charge in [-0.1, -0.05) is 19.9 Å². The van der Waals surface area contributed by atoms with Gasteiger partial charge < -0.3 is 23.5 Å². The lowest BCUT2D eigenvalue weighted by Gasteiger charge is -2.29. The molecule has 0 aliphatic carbocycles. The van der Waals surface area contributed by atoms with Crippen molar-refractivity contribution in [2.45, 2.75) is 53.5 Å². The molecule has 5 rings (SSSR count). The smallest absolute Gasteiger partial charge is 0.290 e. The van der Waals surface area contributed by atoms with Crippen molar-refractivity contribution in [2.24, 2.45) is 5.92 Å². The van der Waals surface area contributed by atoms with Crippen LogP contribution in [0.2, 0.25) is 0 Å². The van der Waals surface area contributed by atoms with Crippen LogP contribution >= 0.6 is 0 Å². The Morgan fingerprint density at radius 1 is 0.976 bits per heavy atom. The fourth-order valence-corrected chi connectivity index (χ4v) is 5.63. The number of amides is 1. The molecule has 0 spiro atoms. The number of ether oxygens (including phenoxy) is 3. The average molecular weight is 563 g/mol. The van der Waals surface area contributed by atoms with E-state index in [-0.39, 0.29) is 17.1 Å². The van der Waals surface area contributed by atoms with E-state index in [2.05, 4.69) is 18.7 Å². The molecule has 8 heteroatoms. The Labute approximate surface area is 242 Å². The van der Waals surface area contributed by atoms with Crippen LogP contribution in [0.1, 0.15) is 72.5 Å². The summed E-state index contributed by atoms with van der Waals surface area (Å²) in [6.07, 6.45) is 1.71. The third-order valence-corrected chi connectivity index (χ3v) is 8.10. The first-order valence-electron chi connectivity index (χ1n) is 14.9. The van der Waals surface area contributed by atoms with Gasteiger partial charge in [-0.15, -0.1) is 0 Å². The van der Waals surface area contributed by atoms with Crippen molar-refractivity contribution in [1.29, 1.82) is 0 Å². The van der Waals surface area contributed by atoms with Gasteiger partial charge in [-0.3, -0.25) is 14.5 Å². The highest BCUT2D eigenvalue weighted by Gasteiger charge is 2.43. The lowest BCUT2D eigenvalue weighted by molar-refractivity contribution is 0.0353. The van der Waals surface area contributed by atoms with Gasteiger partial charge in [-0.25, -0.2) is 0 Å². The molecule has 2 aliphatic rings. The number of nitrogens with zero attached hydrogens (tertiary/aromatic N) is 2. The predicted octanol–water partition coefficient (Wildman–Crippen LogP) is 5.50. The van der Waals surface area contributed by atoms with E-state index in [1.165, 1.54) is 0 Å². The molecule has 1 atom stereocenters. The highest BCUT2D eigenvalue weighted by Crippen LogP contribution is 2.41. The zero-order valence-corrected chi connectivity index (χ0v) is 25.0. The number of benzene rings is 2. The molecule has 1 amide bonds. The molecule has 220 valence electrons. The zero-order valence-electron chi connectivity index (χ0n) is 25.0. The van der Waals surface area contributed by atoms with E-state index in [4.69, 9.17) is 18.6 Å². The Balaban J connectivity index is 1.54. The fraction of sp³-hybridized carbons (Fsp3) is 0.515. The summed E-state index contributed by atoms with van der Waals surface area (Å²) in [5, 5.41) is 0.499. The van der Waals surface area contributed by atoms with Crippen LogP contribution in [0.5, 0.6) is 11.5 Å². The summed E-state index contributed by atoms with van der Waals surface area (Å²) >= 11 is 0. The summed E-state index contributed by atoms with van der Waals surface area (Å²) in [4.78, 5) is 32.1.